The zero-order chi connectivity index (χ0) is 18.0. The number of benzene rings is 1. The number of nitrogens with zero attached hydrogens (tertiary/aromatic N) is 3. The van der Waals surface area contributed by atoms with E-state index in [9.17, 15) is 15.3 Å². The minimum atomic E-state index is -0.761. The zero-order valence-electron chi connectivity index (χ0n) is 13.5. The van der Waals surface area contributed by atoms with Gasteiger partial charge in [-0.2, -0.15) is 10.5 Å². The Morgan fingerprint density at radius 2 is 1.92 bits per heavy atom. The fraction of sp³-hybridized carbons (Fsp3) is 0.333. The Kier molecular flexibility index (Phi) is 4.52. The van der Waals surface area contributed by atoms with E-state index in [4.69, 9.17) is 11.1 Å². The van der Waals surface area contributed by atoms with Gasteiger partial charge in [0.1, 0.15) is 5.92 Å². The molecule has 0 saturated carbocycles. The first-order valence-electron chi connectivity index (χ1n) is 7.94. The second-order valence-corrected chi connectivity index (χ2v) is 7.28. The van der Waals surface area contributed by atoms with E-state index in [0.29, 0.717) is 42.1 Å². The highest BCUT2D eigenvalue weighted by Gasteiger charge is 2.51. The molecular formula is C18H17N5OS. The van der Waals surface area contributed by atoms with Gasteiger partial charge in [-0.1, -0.05) is 30.0 Å². The van der Waals surface area contributed by atoms with Gasteiger partial charge in [-0.15, -0.1) is 0 Å². The summed E-state index contributed by atoms with van der Waals surface area (Å²) >= 11 is 0.993. The van der Waals surface area contributed by atoms with Gasteiger partial charge in [0.2, 0.25) is 0 Å². The molecule has 0 aliphatic carbocycles. The van der Waals surface area contributed by atoms with Crippen LogP contribution in [0.25, 0.3) is 0 Å². The summed E-state index contributed by atoms with van der Waals surface area (Å²) in [6.07, 6.45) is 0.909. The average molecular weight is 351 g/mol. The van der Waals surface area contributed by atoms with Crippen molar-refractivity contribution in [1.82, 2.24) is 4.90 Å². The van der Waals surface area contributed by atoms with Crippen LogP contribution in [0, 0.1) is 39.4 Å². The molecule has 1 fully saturated rings. The fourth-order valence-corrected chi connectivity index (χ4v) is 4.61. The second kappa shape index (κ2) is 6.62. The van der Waals surface area contributed by atoms with Gasteiger partial charge in [-0.25, -0.2) is 0 Å². The monoisotopic (exact) mass is 351 g/mol. The predicted octanol–water partition coefficient (Wildman–Crippen LogP) is 2.47. The van der Waals surface area contributed by atoms with Gasteiger partial charge in [0.15, 0.2) is 0 Å². The van der Waals surface area contributed by atoms with Crippen LogP contribution < -0.4 is 5.73 Å². The van der Waals surface area contributed by atoms with Crippen molar-refractivity contribution in [3.8, 4) is 12.1 Å². The third-order valence-electron chi connectivity index (χ3n) is 4.98. The van der Waals surface area contributed by atoms with Gasteiger partial charge in [0, 0.05) is 24.1 Å². The largest absolute Gasteiger partial charge is 0.392 e. The summed E-state index contributed by atoms with van der Waals surface area (Å²) in [5, 5.41) is 27.7. The molecule has 0 unspecified atom stereocenters. The number of amides is 1. The summed E-state index contributed by atoms with van der Waals surface area (Å²) in [6.45, 7) is 0.866. The molecule has 1 amide bonds. The van der Waals surface area contributed by atoms with Gasteiger partial charge in [-0.3, -0.25) is 10.2 Å². The molecule has 1 saturated heterocycles. The molecule has 1 aromatic rings. The minimum Gasteiger partial charge on any atom is -0.392 e. The fourth-order valence-electron chi connectivity index (χ4n) is 3.63. The van der Waals surface area contributed by atoms with Crippen LogP contribution in [0.4, 0.5) is 0 Å². The Bertz CT molecular complexity index is 825. The van der Waals surface area contributed by atoms with E-state index in [1.807, 2.05) is 18.2 Å². The molecule has 7 heteroatoms. The SMILES string of the molecule is N#CC1=C(N)SC(=N)[C@@H](C#N)C12CCN(C(=O)c1ccccc1)CC2. The average Bonchev–Trinajstić information content (AvgIpc) is 2.63. The van der Waals surface area contributed by atoms with Gasteiger partial charge in [0.05, 0.1) is 27.8 Å². The molecule has 6 nitrogen and oxygen atoms in total. The predicted molar refractivity (Wildman–Crippen MR) is 95.3 cm³/mol. The van der Waals surface area contributed by atoms with Gasteiger partial charge >= 0.3 is 0 Å². The van der Waals surface area contributed by atoms with E-state index in [1.54, 1.807) is 17.0 Å². The molecule has 1 atom stereocenters. The number of likely N-dealkylation sites (tertiary alicyclic amines) is 1. The molecule has 2 aliphatic rings. The van der Waals surface area contributed by atoms with Crippen molar-refractivity contribution in [2.24, 2.45) is 17.1 Å². The number of carbonyl (C=O) groups excluding carboxylic acids is 1. The number of hydrogen-bond donors (Lipinski definition) is 2. The Balaban J connectivity index is 1.87. The summed E-state index contributed by atoms with van der Waals surface area (Å²) < 4.78 is 0. The smallest absolute Gasteiger partial charge is 0.253 e. The standard InChI is InChI=1S/C18H17N5OS/c19-10-13-15(21)25-16(22)14(11-20)18(13)6-8-23(9-7-18)17(24)12-4-2-1-3-5-12/h1-5,13,21H,6-9,22H2/t13-/m1/s1. The molecule has 25 heavy (non-hydrogen) atoms. The van der Waals surface area contributed by atoms with Crippen molar-refractivity contribution >= 4 is 22.7 Å². The van der Waals surface area contributed by atoms with Gasteiger partial charge in [0.25, 0.3) is 5.91 Å². The van der Waals surface area contributed by atoms with E-state index in [2.05, 4.69) is 12.1 Å². The lowest BCUT2D eigenvalue weighted by Crippen LogP contribution is -2.49. The summed E-state index contributed by atoms with van der Waals surface area (Å²) in [5.74, 6) is -0.742. The van der Waals surface area contributed by atoms with E-state index in [1.165, 1.54) is 0 Å². The lowest BCUT2D eigenvalue weighted by molar-refractivity contribution is 0.0613. The van der Waals surface area contributed by atoms with Crippen LogP contribution in [-0.2, 0) is 0 Å². The Morgan fingerprint density at radius 1 is 1.28 bits per heavy atom. The van der Waals surface area contributed by atoms with Crippen molar-refractivity contribution in [1.29, 1.82) is 15.9 Å². The molecular weight excluding hydrogens is 334 g/mol. The van der Waals surface area contributed by atoms with Crippen molar-refractivity contribution in [3.05, 3.63) is 46.5 Å². The number of carbonyl (C=O) groups is 1. The molecule has 126 valence electrons. The van der Waals surface area contributed by atoms with Gasteiger partial charge < -0.3 is 10.6 Å². The van der Waals surface area contributed by atoms with E-state index >= 15 is 0 Å². The number of piperidine rings is 1. The zero-order valence-corrected chi connectivity index (χ0v) is 14.3. The van der Waals surface area contributed by atoms with E-state index in [0.717, 1.165) is 11.8 Å². The molecule has 3 rings (SSSR count). The lowest BCUT2D eigenvalue weighted by Gasteiger charge is -2.46. The van der Waals surface area contributed by atoms with E-state index < -0.39 is 11.3 Å². The third-order valence-corrected chi connectivity index (χ3v) is 5.86. The molecule has 2 aliphatic heterocycles. The Hall–Kier alpha value is -2.77. The molecule has 3 N–H and O–H groups in total. The number of nitrogens with one attached hydrogen (secondary N) is 1. The first kappa shape index (κ1) is 17.1. The van der Waals surface area contributed by atoms with Gasteiger partial charge in [-0.05, 0) is 25.0 Å². The second-order valence-electron chi connectivity index (χ2n) is 6.19. The highest BCUT2D eigenvalue weighted by atomic mass is 32.2. The van der Waals surface area contributed by atoms with E-state index in [-0.39, 0.29) is 11.0 Å². The van der Waals surface area contributed by atoms with Crippen LogP contribution >= 0.6 is 11.8 Å². The summed E-state index contributed by atoms with van der Waals surface area (Å²) in [5.41, 5.74) is 6.23. The summed E-state index contributed by atoms with van der Waals surface area (Å²) in [6, 6.07) is 13.4. The Morgan fingerprint density at radius 3 is 2.48 bits per heavy atom. The van der Waals surface area contributed by atoms with Crippen LogP contribution in [0.5, 0.6) is 0 Å². The van der Waals surface area contributed by atoms with Crippen LogP contribution in [0.3, 0.4) is 0 Å². The molecule has 1 aromatic carbocycles. The maximum atomic E-state index is 12.6. The topological polar surface area (TPSA) is 118 Å². The van der Waals surface area contributed by atoms with Crippen molar-refractivity contribution < 1.29 is 4.79 Å². The first-order valence-corrected chi connectivity index (χ1v) is 8.75. The lowest BCUT2D eigenvalue weighted by atomic mass is 9.64. The number of nitrogens with two attached hydrogens (primary N) is 1. The molecule has 1 spiro atoms. The third kappa shape index (κ3) is 2.77. The Labute approximate surface area is 150 Å². The highest BCUT2D eigenvalue weighted by Crippen LogP contribution is 2.52. The van der Waals surface area contributed by atoms with Crippen molar-refractivity contribution in [2.45, 2.75) is 12.8 Å². The first-order chi connectivity index (χ1) is 12.0. The number of allylic oxidation sites excluding steroid dienone is 1. The normalized spacial score (nSPS) is 22.4. The maximum Gasteiger partial charge on any atom is 0.253 e. The molecule has 0 aromatic heterocycles. The number of hydrogen-bond acceptors (Lipinski definition) is 6. The van der Waals surface area contributed by atoms with Crippen LogP contribution in [0.1, 0.15) is 23.2 Å². The van der Waals surface area contributed by atoms with Crippen LogP contribution in [-0.4, -0.2) is 28.9 Å². The van der Waals surface area contributed by atoms with Crippen molar-refractivity contribution in [2.75, 3.05) is 13.1 Å². The number of rotatable bonds is 1. The highest BCUT2D eigenvalue weighted by molar-refractivity contribution is 8.17. The van der Waals surface area contributed by atoms with Crippen LogP contribution in [0.2, 0.25) is 0 Å². The molecule has 0 radical (unpaired) electrons. The summed E-state index contributed by atoms with van der Waals surface area (Å²) in [4.78, 5) is 14.4. The molecule has 2 heterocycles. The minimum absolute atomic E-state index is 0.0559. The summed E-state index contributed by atoms with van der Waals surface area (Å²) in [7, 11) is 0. The van der Waals surface area contributed by atoms with Crippen LogP contribution in [0.15, 0.2) is 40.9 Å². The quantitative estimate of drug-likeness (QED) is 0.806. The number of thioether (sulfide) groups is 1. The molecule has 0 bridgehead atoms. The maximum absolute atomic E-state index is 12.6. The number of nitriles is 2. The van der Waals surface area contributed by atoms with Crippen molar-refractivity contribution in [3.63, 3.8) is 0 Å².